The molecule has 0 heterocycles. The van der Waals surface area contributed by atoms with Crippen LogP contribution >= 0.6 is 0 Å². The van der Waals surface area contributed by atoms with Crippen LogP contribution in [0.3, 0.4) is 0 Å². The molecule has 0 spiro atoms. The van der Waals surface area contributed by atoms with Gasteiger partial charge in [0.15, 0.2) is 0 Å². The Morgan fingerprint density at radius 2 is 1.20 bits per heavy atom. The standard InChI is InChI=1S/CH4N.CH4.CH3.Y/c1-2;;;/h2H,1H3;1H4;1H3;/q-1;;-1;. The zero-order valence-corrected chi connectivity index (χ0v) is 5.92. The van der Waals surface area contributed by atoms with Gasteiger partial charge in [0.2, 0.25) is 0 Å². The molecular weight excluding hydrogens is 139 g/mol. The maximum absolute atomic E-state index is 5.75. The van der Waals surface area contributed by atoms with Crippen LogP contribution in [0.1, 0.15) is 7.43 Å². The van der Waals surface area contributed by atoms with Gasteiger partial charge in [-0.05, 0) is 0 Å². The van der Waals surface area contributed by atoms with Crippen LogP contribution in [-0.4, -0.2) is 7.05 Å². The first-order valence-electron chi connectivity index (χ1n) is 0.500. The van der Waals surface area contributed by atoms with Gasteiger partial charge in [0.25, 0.3) is 0 Å². The van der Waals surface area contributed by atoms with Crippen LogP contribution in [0.5, 0.6) is 0 Å². The summed E-state index contributed by atoms with van der Waals surface area (Å²) < 4.78 is 0. The van der Waals surface area contributed by atoms with E-state index in [1.165, 1.54) is 7.05 Å². The third-order valence-corrected chi connectivity index (χ3v) is 0. The SMILES string of the molecule is C.C[NH-].[CH3-].[Y]. The summed E-state index contributed by atoms with van der Waals surface area (Å²) in [5, 5.41) is 0. The molecule has 0 aromatic rings. The largest absolute Gasteiger partial charge is 0.680 e. The molecule has 33 valence electrons. The molecule has 0 rings (SSSR count). The molecule has 1 N–H and O–H groups in total. The van der Waals surface area contributed by atoms with E-state index in [9.17, 15) is 0 Å². The van der Waals surface area contributed by atoms with E-state index >= 15 is 0 Å². The minimum atomic E-state index is 0. The molecule has 0 aromatic heterocycles. The minimum absolute atomic E-state index is 0. The van der Waals surface area contributed by atoms with Gasteiger partial charge in [-0.15, -0.1) is 0 Å². The predicted molar refractivity (Wildman–Crippen MR) is 23.4 cm³/mol. The predicted octanol–water partition coefficient (Wildman–Crippen LogP) is 1.75. The third kappa shape index (κ3) is 42.0. The molecule has 0 aliphatic rings. The fourth-order valence-corrected chi connectivity index (χ4v) is 0. The molecule has 0 aliphatic carbocycles. The van der Waals surface area contributed by atoms with Crippen LogP contribution in [0.15, 0.2) is 0 Å². The van der Waals surface area contributed by atoms with Gasteiger partial charge in [-0.3, -0.25) is 0 Å². The monoisotopic (exact) mass is 150 g/mol. The van der Waals surface area contributed by atoms with Crippen LogP contribution in [0.2, 0.25) is 0 Å². The Balaban J connectivity index is -0.00000000167. The fraction of sp³-hybridized carbons (Fsp3) is 0.667. The van der Waals surface area contributed by atoms with E-state index in [1.54, 1.807) is 0 Å². The molecule has 0 bridgehead atoms. The summed E-state index contributed by atoms with van der Waals surface area (Å²) in [6, 6.07) is 0. The summed E-state index contributed by atoms with van der Waals surface area (Å²) in [6.07, 6.45) is 0. The number of rotatable bonds is 0. The van der Waals surface area contributed by atoms with Crippen molar-refractivity contribution in [1.29, 1.82) is 0 Å². The van der Waals surface area contributed by atoms with Gasteiger partial charge >= 0.3 is 0 Å². The Morgan fingerprint density at radius 1 is 1.20 bits per heavy atom. The molecule has 0 saturated heterocycles. The van der Waals surface area contributed by atoms with E-state index in [1.807, 2.05) is 0 Å². The van der Waals surface area contributed by atoms with Crippen molar-refractivity contribution in [3.8, 4) is 0 Å². The quantitative estimate of drug-likeness (QED) is 0.470. The average Bonchev–Trinajstić information content (AvgIpc) is 1.00. The zero-order chi connectivity index (χ0) is 2.00. The molecular formula is C3H11NY-2. The van der Waals surface area contributed by atoms with Gasteiger partial charge in [0.1, 0.15) is 0 Å². The Kier molecular flexibility index (Phi) is 539. The van der Waals surface area contributed by atoms with E-state index < -0.39 is 0 Å². The molecule has 0 fully saturated rings. The Bertz CT molecular complexity index is 6.85. The maximum Gasteiger partial charge on any atom is 0 e. The van der Waals surface area contributed by atoms with Crippen LogP contribution in [-0.2, 0) is 32.7 Å². The molecule has 2 heteroatoms. The van der Waals surface area contributed by atoms with E-state index in [2.05, 4.69) is 0 Å². The molecule has 5 heavy (non-hydrogen) atoms. The van der Waals surface area contributed by atoms with Crippen LogP contribution in [0.4, 0.5) is 0 Å². The van der Waals surface area contributed by atoms with Crippen molar-refractivity contribution in [2.45, 2.75) is 7.43 Å². The summed E-state index contributed by atoms with van der Waals surface area (Å²) in [4.78, 5) is 0. The zero-order valence-electron chi connectivity index (χ0n) is 3.08. The molecule has 0 unspecified atom stereocenters. The summed E-state index contributed by atoms with van der Waals surface area (Å²) in [7, 11) is 1.25. The normalized spacial score (nSPS) is 1.20. The third-order valence-electron chi connectivity index (χ3n) is 0. The fourth-order valence-electron chi connectivity index (χ4n) is 0. The van der Waals surface area contributed by atoms with Gasteiger partial charge in [-0.2, -0.15) is 7.05 Å². The van der Waals surface area contributed by atoms with Crippen molar-refractivity contribution in [2.24, 2.45) is 0 Å². The Labute approximate surface area is 60.2 Å². The van der Waals surface area contributed by atoms with Crippen LogP contribution in [0, 0.1) is 7.43 Å². The van der Waals surface area contributed by atoms with Gasteiger partial charge in [-0.25, -0.2) is 0 Å². The van der Waals surface area contributed by atoms with Crippen molar-refractivity contribution >= 4 is 0 Å². The summed E-state index contributed by atoms with van der Waals surface area (Å²) >= 11 is 0. The first kappa shape index (κ1) is 36.5. The van der Waals surface area contributed by atoms with E-state index in [0.29, 0.717) is 0 Å². The molecule has 0 saturated carbocycles. The molecule has 0 aromatic carbocycles. The van der Waals surface area contributed by atoms with Gasteiger partial charge < -0.3 is 13.2 Å². The first-order chi connectivity index (χ1) is 1.00. The second-order valence-electron chi connectivity index (χ2n) is 0. The summed E-state index contributed by atoms with van der Waals surface area (Å²) in [6.45, 7) is 0. The second kappa shape index (κ2) is 73.9. The summed E-state index contributed by atoms with van der Waals surface area (Å²) in [5.74, 6) is 0. The van der Waals surface area contributed by atoms with E-state index in [0.717, 1.165) is 0 Å². The molecule has 1 radical (unpaired) electrons. The first-order valence-corrected chi connectivity index (χ1v) is 0.500. The van der Waals surface area contributed by atoms with Crippen molar-refractivity contribution < 1.29 is 32.7 Å². The van der Waals surface area contributed by atoms with Gasteiger partial charge in [0, 0.05) is 32.7 Å². The Hall–Kier alpha value is 1.06. The average molecular weight is 150 g/mol. The van der Waals surface area contributed by atoms with Gasteiger partial charge in [0.05, 0.1) is 0 Å². The van der Waals surface area contributed by atoms with E-state index in [-0.39, 0.29) is 47.6 Å². The number of nitrogens with one attached hydrogen (secondary N) is 1. The molecule has 0 atom stereocenters. The van der Waals surface area contributed by atoms with Crippen molar-refractivity contribution in [3.05, 3.63) is 13.2 Å². The molecule has 0 amide bonds. The topological polar surface area (TPSA) is 23.8 Å². The van der Waals surface area contributed by atoms with Crippen LogP contribution < -0.4 is 0 Å². The van der Waals surface area contributed by atoms with Crippen LogP contribution in [0.25, 0.3) is 5.73 Å². The number of hydrogen-bond acceptors (Lipinski definition) is 0. The van der Waals surface area contributed by atoms with Crippen molar-refractivity contribution in [3.63, 3.8) is 0 Å². The van der Waals surface area contributed by atoms with E-state index in [4.69, 9.17) is 5.73 Å². The van der Waals surface area contributed by atoms with Gasteiger partial charge in [-0.1, -0.05) is 7.43 Å². The maximum atomic E-state index is 5.75. The molecule has 0 aliphatic heterocycles. The summed E-state index contributed by atoms with van der Waals surface area (Å²) in [5.41, 5.74) is 5.75. The smallest absolute Gasteiger partial charge is 0 e. The Morgan fingerprint density at radius 3 is 1.20 bits per heavy atom. The molecule has 1 nitrogen and oxygen atoms in total. The second-order valence-corrected chi connectivity index (χ2v) is 0. The number of hydrogen-bond donors (Lipinski definition) is 0. The van der Waals surface area contributed by atoms with Crippen molar-refractivity contribution in [2.75, 3.05) is 7.05 Å². The minimum Gasteiger partial charge on any atom is -0.680 e. The van der Waals surface area contributed by atoms with Crippen molar-refractivity contribution in [1.82, 2.24) is 0 Å².